The van der Waals surface area contributed by atoms with Crippen LogP contribution in [0.25, 0.3) is 0 Å². The molecule has 0 radical (unpaired) electrons. The molecule has 0 amide bonds. The lowest BCUT2D eigenvalue weighted by Gasteiger charge is -2.21. The second-order valence-electron chi connectivity index (χ2n) is 7.93. The molecule has 2 N–H and O–H groups in total. The molecule has 1 unspecified atom stereocenters. The van der Waals surface area contributed by atoms with Crippen LogP contribution in [-0.2, 0) is 0 Å². The number of halogens is 2. The molecule has 1 atom stereocenters. The highest BCUT2D eigenvalue weighted by Gasteiger charge is 2.25. The highest BCUT2D eigenvalue weighted by Crippen LogP contribution is 2.24. The monoisotopic (exact) mass is 408 g/mol. The minimum absolute atomic E-state index is 0.184. The van der Waals surface area contributed by atoms with Crippen molar-refractivity contribution in [3.05, 3.63) is 29.8 Å². The zero-order valence-electron chi connectivity index (χ0n) is 17.6. The standard InChI is InChI=1S/C21H34F2N6/c1-3-24-21(25-8-12-28-10-4-9-27(2)13-14-28)26-18-7-11-29(16-18)20-6-5-17(22)15-19(20)23/h5-6,15,18H,3-4,7-14,16H2,1-2H3,(H2,24,25,26). The van der Waals surface area contributed by atoms with Gasteiger partial charge < -0.3 is 25.3 Å². The van der Waals surface area contributed by atoms with E-state index in [2.05, 4.69) is 34.4 Å². The van der Waals surface area contributed by atoms with Gasteiger partial charge in [-0.2, -0.15) is 0 Å². The fourth-order valence-corrected chi connectivity index (χ4v) is 3.97. The summed E-state index contributed by atoms with van der Waals surface area (Å²) < 4.78 is 27.2. The van der Waals surface area contributed by atoms with Crippen molar-refractivity contribution in [1.29, 1.82) is 0 Å². The smallest absolute Gasteiger partial charge is 0.191 e. The first-order valence-electron chi connectivity index (χ1n) is 10.7. The van der Waals surface area contributed by atoms with Gasteiger partial charge in [0.05, 0.1) is 12.2 Å². The second kappa shape index (κ2) is 10.7. The molecule has 2 fully saturated rings. The molecule has 1 aromatic carbocycles. The molecule has 6 nitrogen and oxygen atoms in total. The van der Waals surface area contributed by atoms with Gasteiger partial charge in [0.15, 0.2) is 5.96 Å². The molecule has 2 heterocycles. The lowest BCUT2D eigenvalue weighted by Crippen LogP contribution is -2.45. The molecule has 0 aromatic heterocycles. The number of nitrogens with zero attached hydrogens (tertiary/aromatic N) is 4. The van der Waals surface area contributed by atoms with Gasteiger partial charge in [-0.1, -0.05) is 0 Å². The highest BCUT2D eigenvalue weighted by atomic mass is 19.1. The van der Waals surface area contributed by atoms with Crippen LogP contribution in [0.1, 0.15) is 19.8 Å². The van der Waals surface area contributed by atoms with Crippen molar-refractivity contribution >= 4 is 11.6 Å². The summed E-state index contributed by atoms with van der Waals surface area (Å²) in [5.74, 6) is -0.238. The highest BCUT2D eigenvalue weighted by molar-refractivity contribution is 5.80. The van der Waals surface area contributed by atoms with E-state index in [9.17, 15) is 8.78 Å². The molecule has 2 saturated heterocycles. The molecule has 0 aliphatic carbocycles. The molecule has 1 aromatic rings. The number of rotatable bonds is 6. The number of anilines is 1. The Kier molecular flexibility index (Phi) is 8.06. The van der Waals surface area contributed by atoms with Gasteiger partial charge in [-0.3, -0.25) is 4.99 Å². The van der Waals surface area contributed by atoms with Crippen LogP contribution < -0.4 is 15.5 Å². The van der Waals surface area contributed by atoms with Crippen molar-refractivity contribution in [2.45, 2.75) is 25.8 Å². The molecule has 0 bridgehead atoms. The van der Waals surface area contributed by atoms with Gasteiger partial charge in [-0.25, -0.2) is 8.78 Å². The lowest BCUT2D eigenvalue weighted by molar-refractivity contribution is 0.283. The molecular formula is C21H34F2N6. The molecule has 8 heteroatoms. The summed E-state index contributed by atoms with van der Waals surface area (Å²) in [6.07, 6.45) is 2.09. The third-order valence-corrected chi connectivity index (χ3v) is 5.62. The fourth-order valence-electron chi connectivity index (χ4n) is 3.97. The van der Waals surface area contributed by atoms with Gasteiger partial charge >= 0.3 is 0 Å². The van der Waals surface area contributed by atoms with E-state index in [0.29, 0.717) is 12.2 Å². The van der Waals surface area contributed by atoms with E-state index in [0.717, 1.165) is 70.8 Å². The minimum Gasteiger partial charge on any atom is -0.367 e. The number of nitrogens with one attached hydrogen (secondary N) is 2. The second-order valence-corrected chi connectivity index (χ2v) is 7.93. The van der Waals surface area contributed by atoms with E-state index in [4.69, 9.17) is 4.99 Å². The SMILES string of the molecule is CCNC(=NCCN1CCCN(C)CC1)NC1CCN(c2ccc(F)cc2F)C1. The Morgan fingerprint density at radius 2 is 2.03 bits per heavy atom. The summed E-state index contributed by atoms with van der Waals surface area (Å²) >= 11 is 0. The van der Waals surface area contributed by atoms with E-state index in [1.165, 1.54) is 18.6 Å². The predicted octanol–water partition coefficient (Wildman–Crippen LogP) is 1.74. The lowest BCUT2D eigenvalue weighted by atomic mass is 10.2. The van der Waals surface area contributed by atoms with Crippen LogP contribution >= 0.6 is 0 Å². The minimum atomic E-state index is -0.544. The topological polar surface area (TPSA) is 46.1 Å². The third-order valence-electron chi connectivity index (χ3n) is 5.62. The average Bonchev–Trinajstić information content (AvgIpc) is 3.03. The molecule has 162 valence electrons. The summed E-state index contributed by atoms with van der Waals surface area (Å²) in [5, 5.41) is 6.79. The van der Waals surface area contributed by atoms with Crippen LogP contribution in [0.3, 0.4) is 0 Å². The fraction of sp³-hybridized carbons (Fsp3) is 0.667. The number of benzene rings is 1. The van der Waals surface area contributed by atoms with E-state index in [1.807, 2.05) is 4.90 Å². The van der Waals surface area contributed by atoms with Gasteiger partial charge in [-0.05, 0) is 52.0 Å². The number of likely N-dealkylation sites (N-methyl/N-ethyl adjacent to an activating group) is 1. The third kappa shape index (κ3) is 6.54. The van der Waals surface area contributed by atoms with Crippen molar-refractivity contribution in [2.75, 3.05) is 70.9 Å². The van der Waals surface area contributed by atoms with Gasteiger partial charge in [0, 0.05) is 51.4 Å². The molecule has 2 aliphatic heterocycles. The number of aliphatic imine (C=N–C) groups is 1. The first-order valence-corrected chi connectivity index (χ1v) is 10.7. The summed E-state index contributed by atoms with van der Waals surface area (Å²) in [4.78, 5) is 11.6. The van der Waals surface area contributed by atoms with Crippen LogP contribution in [0.15, 0.2) is 23.2 Å². The molecule has 29 heavy (non-hydrogen) atoms. The summed E-state index contributed by atoms with van der Waals surface area (Å²) in [6.45, 7) is 10.5. The summed E-state index contributed by atoms with van der Waals surface area (Å²) in [5.41, 5.74) is 0.462. The van der Waals surface area contributed by atoms with Gasteiger partial charge in [-0.15, -0.1) is 0 Å². The first kappa shape index (κ1) is 21.8. The van der Waals surface area contributed by atoms with Crippen LogP contribution in [0.2, 0.25) is 0 Å². The zero-order chi connectivity index (χ0) is 20.6. The maximum atomic E-state index is 14.1. The maximum absolute atomic E-state index is 14.1. The molecular weight excluding hydrogens is 374 g/mol. The number of hydrogen-bond donors (Lipinski definition) is 2. The van der Waals surface area contributed by atoms with Crippen molar-refractivity contribution in [3.8, 4) is 0 Å². The number of guanidine groups is 1. The van der Waals surface area contributed by atoms with Crippen LogP contribution in [0.5, 0.6) is 0 Å². The first-order chi connectivity index (χ1) is 14.0. The largest absolute Gasteiger partial charge is 0.367 e. The Morgan fingerprint density at radius 1 is 1.17 bits per heavy atom. The number of hydrogen-bond acceptors (Lipinski definition) is 4. The van der Waals surface area contributed by atoms with Crippen molar-refractivity contribution in [3.63, 3.8) is 0 Å². The van der Waals surface area contributed by atoms with E-state index in [-0.39, 0.29) is 6.04 Å². The van der Waals surface area contributed by atoms with Crippen molar-refractivity contribution < 1.29 is 8.78 Å². The van der Waals surface area contributed by atoms with Gasteiger partial charge in [0.25, 0.3) is 0 Å². The van der Waals surface area contributed by atoms with Crippen LogP contribution in [-0.4, -0.2) is 87.8 Å². The Bertz CT molecular complexity index is 683. The Morgan fingerprint density at radius 3 is 2.83 bits per heavy atom. The van der Waals surface area contributed by atoms with Crippen molar-refractivity contribution in [2.24, 2.45) is 4.99 Å². The summed E-state index contributed by atoms with van der Waals surface area (Å²) in [7, 11) is 2.18. The Hall–Kier alpha value is -1.93. The Balaban J connectivity index is 1.50. The molecule has 3 rings (SSSR count). The summed E-state index contributed by atoms with van der Waals surface area (Å²) in [6, 6.07) is 3.96. The van der Waals surface area contributed by atoms with E-state index >= 15 is 0 Å². The molecule has 0 spiro atoms. The van der Waals surface area contributed by atoms with E-state index < -0.39 is 11.6 Å². The Labute approximate surface area is 172 Å². The molecule has 2 aliphatic rings. The normalized spacial score (nSPS) is 22.0. The quantitative estimate of drug-likeness (QED) is 0.555. The molecule has 0 saturated carbocycles. The van der Waals surface area contributed by atoms with Gasteiger partial charge in [0.1, 0.15) is 11.6 Å². The van der Waals surface area contributed by atoms with Crippen LogP contribution in [0.4, 0.5) is 14.5 Å². The van der Waals surface area contributed by atoms with Crippen molar-refractivity contribution in [1.82, 2.24) is 20.4 Å². The van der Waals surface area contributed by atoms with Gasteiger partial charge in [0.2, 0.25) is 0 Å². The van der Waals surface area contributed by atoms with E-state index in [1.54, 1.807) is 0 Å². The zero-order valence-corrected chi connectivity index (χ0v) is 17.6. The predicted molar refractivity (Wildman–Crippen MR) is 115 cm³/mol. The van der Waals surface area contributed by atoms with Crippen LogP contribution in [0, 0.1) is 11.6 Å². The maximum Gasteiger partial charge on any atom is 0.191 e. The average molecular weight is 409 g/mol.